The average Bonchev–Trinajstić information content (AvgIpc) is 2.86. The van der Waals surface area contributed by atoms with E-state index in [1.807, 2.05) is 20.8 Å². The zero-order valence-electron chi connectivity index (χ0n) is 11.2. The van der Waals surface area contributed by atoms with Crippen LogP contribution in [0, 0.1) is 0 Å². The molecule has 1 aromatic heterocycles. The van der Waals surface area contributed by atoms with E-state index in [0.717, 1.165) is 5.13 Å². The summed E-state index contributed by atoms with van der Waals surface area (Å²) in [6.45, 7) is 5.57. The van der Waals surface area contributed by atoms with Crippen LogP contribution in [0.1, 0.15) is 56.9 Å². The minimum Gasteiger partial charge on any atom is -0.455 e. The lowest BCUT2D eigenvalue weighted by atomic mass is 10.2. The van der Waals surface area contributed by atoms with E-state index >= 15 is 0 Å². The van der Waals surface area contributed by atoms with E-state index in [4.69, 9.17) is 4.74 Å². The van der Waals surface area contributed by atoms with Gasteiger partial charge in [-0.25, -0.2) is 9.78 Å². The fourth-order valence-electron chi connectivity index (χ4n) is 2.01. The molecule has 0 atom stereocenters. The van der Waals surface area contributed by atoms with Crippen molar-refractivity contribution >= 4 is 22.4 Å². The highest BCUT2D eigenvalue weighted by molar-refractivity contribution is 7.13. The average molecular weight is 268 g/mol. The standard InChI is InChI=1S/C13H20N2O2S/c1-13(2,3)17-11(16)10-8-18-12(15-10)14-9-6-4-5-7-9/h8-9H,4-7H2,1-3H3,(H,14,15). The number of esters is 1. The molecule has 100 valence electrons. The predicted molar refractivity (Wildman–Crippen MR) is 73.2 cm³/mol. The second-order valence-corrected chi connectivity index (χ2v) is 6.52. The lowest BCUT2D eigenvalue weighted by molar-refractivity contribution is 0.00638. The summed E-state index contributed by atoms with van der Waals surface area (Å²) in [5.41, 5.74) is -0.0739. The van der Waals surface area contributed by atoms with Gasteiger partial charge in [0, 0.05) is 11.4 Å². The number of rotatable bonds is 3. The summed E-state index contributed by atoms with van der Waals surface area (Å²) in [5.74, 6) is -0.349. The van der Waals surface area contributed by atoms with Gasteiger partial charge < -0.3 is 10.1 Å². The van der Waals surface area contributed by atoms with E-state index in [0.29, 0.717) is 11.7 Å². The fraction of sp³-hybridized carbons (Fsp3) is 0.692. The van der Waals surface area contributed by atoms with Crippen molar-refractivity contribution in [3.05, 3.63) is 11.1 Å². The van der Waals surface area contributed by atoms with Crippen molar-refractivity contribution in [2.75, 3.05) is 5.32 Å². The van der Waals surface area contributed by atoms with Crippen molar-refractivity contribution in [2.24, 2.45) is 0 Å². The fourth-order valence-corrected chi connectivity index (χ4v) is 2.77. The van der Waals surface area contributed by atoms with Gasteiger partial charge in [0.15, 0.2) is 10.8 Å². The third kappa shape index (κ3) is 3.70. The van der Waals surface area contributed by atoms with Crippen LogP contribution < -0.4 is 5.32 Å². The minimum absolute atomic E-state index is 0.349. The molecule has 0 aliphatic heterocycles. The van der Waals surface area contributed by atoms with Gasteiger partial charge in [-0.2, -0.15) is 0 Å². The molecule has 1 fully saturated rings. The molecule has 1 N–H and O–H groups in total. The van der Waals surface area contributed by atoms with Gasteiger partial charge >= 0.3 is 5.97 Å². The Balaban J connectivity index is 1.94. The summed E-state index contributed by atoms with van der Waals surface area (Å²) < 4.78 is 5.28. The third-order valence-electron chi connectivity index (χ3n) is 2.79. The topological polar surface area (TPSA) is 51.2 Å². The van der Waals surface area contributed by atoms with Crippen molar-refractivity contribution in [1.29, 1.82) is 0 Å². The Kier molecular flexibility index (Phi) is 3.90. The molecule has 1 aliphatic rings. The SMILES string of the molecule is CC(C)(C)OC(=O)c1csc(NC2CCCC2)n1. The van der Waals surface area contributed by atoms with E-state index in [9.17, 15) is 4.79 Å². The van der Waals surface area contributed by atoms with Gasteiger partial charge in [0.05, 0.1) is 0 Å². The van der Waals surface area contributed by atoms with Crippen LogP contribution in [0.15, 0.2) is 5.38 Å². The molecule has 5 heteroatoms. The lowest BCUT2D eigenvalue weighted by Crippen LogP contribution is -2.24. The molecular weight excluding hydrogens is 248 g/mol. The molecule has 4 nitrogen and oxygen atoms in total. The van der Waals surface area contributed by atoms with Gasteiger partial charge in [-0.15, -0.1) is 11.3 Å². The van der Waals surface area contributed by atoms with Crippen molar-refractivity contribution in [1.82, 2.24) is 4.98 Å². The van der Waals surface area contributed by atoms with Gasteiger partial charge in [-0.3, -0.25) is 0 Å². The summed E-state index contributed by atoms with van der Waals surface area (Å²) in [6.07, 6.45) is 4.95. The number of carbonyl (C=O) groups excluding carboxylic acids is 1. The first-order valence-corrected chi connectivity index (χ1v) is 7.27. The van der Waals surface area contributed by atoms with Crippen LogP contribution in [0.4, 0.5) is 5.13 Å². The minimum atomic E-state index is -0.472. The number of nitrogens with zero attached hydrogens (tertiary/aromatic N) is 1. The number of hydrogen-bond donors (Lipinski definition) is 1. The maximum absolute atomic E-state index is 11.8. The molecule has 1 aliphatic carbocycles. The Morgan fingerprint density at radius 1 is 1.44 bits per heavy atom. The number of hydrogen-bond acceptors (Lipinski definition) is 5. The second kappa shape index (κ2) is 5.26. The molecule has 1 aromatic rings. The Hall–Kier alpha value is -1.10. The second-order valence-electron chi connectivity index (χ2n) is 5.67. The number of thiazole rings is 1. The van der Waals surface area contributed by atoms with E-state index in [1.165, 1.54) is 37.0 Å². The maximum Gasteiger partial charge on any atom is 0.358 e. The Morgan fingerprint density at radius 3 is 2.72 bits per heavy atom. The Bertz CT molecular complexity index is 417. The smallest absolute Gasteiger partial charge is 0.358 e. The number of aromatic nitrogens is 1. The first-order chi connectivity index (χ1) is 8.44. The first kappa shape index (κ1) is 13.3. The summed E-state index contributed by atoms with van der Waals surface area (Å²) in [6, 6.07) is 0.516. The molecule has 1 saturated carbocycles. The van der Waals surface area contributed by atoms with Crippen LogP contribution in [0.25, 0.3) is 0 Å². The molecule has 0 amide bonds. The molecule has 0 spiro atoms. The largest absolute Gasteiger partial charge is 0.455 e. The highest BCUT2D eigenvalue weighted by Crippen LogP contribution is 2.25. The van der Waals surface area contributed by atoms with E-state index in [1.54, 1.807) is 5.38 Å². The molecule has 0 saturated heterocycles. The van der Waals surface area contributed by atoms with E-state index < -0.39 is 5.60 Å². The molecule has 2 rings (SSSR count). The van der Waals surface area contributed by atoms with Crippen molar-refractivity contribution < 1.29 is 9.53 Å². The third-order valence-corrected chi connectivity index (χ3v) is 3.57. The number of ether oxygens (including phenoxy) is 1. The molecule has 18 heavy (non-hydrogen) atoms. The number of carbonyl (C=O) groups is 1. The molecule has 0 aromatic carbocycles. The summed E-state index contributed by atoms with van der Waals surface area (Å²) in [7, 11) is 0. The molecule has 0 radical (unpaired) electrons. The number of anilines is 1. The lowest BCUT2D eigenvalue weighted by Gasteiger charge is -2.18. The van der Waals surface area contributed by atoms with Gasteiger partial charge in [0.25, 0.3) is 0 Å². The van der Waals surface area contributed by atoms with Crippen molar-refractivity contribution in [3.8, 4) is 0 Å². The van der Waals surface area contributed by atoms with Crippen LogP contribution in [0.2, 0.25) is 0 Å². The van der Waals surface area contributed by atoms with Crippen molar-refractivity contribution in [2.45, 2.75) is 58.1 Å². The molecule has 1 heterocycles. The first-order valence-electron chi connectivity index (χ1n) is 6.39. The predicted octanol–water partition coefficient (Wildman–Crippen LogP) is 3.45. The van der Waals surface area contributed by atoms with Gasteiger partial charge in [0.2, 0.25) is 0 Å². The van der Waals surface area contributed by atoms with Crippen LogP contribution in [-0.4, -0.2) is 22.6 Å². The van der Waals surface area contributed by atoms with Crippen LogP contribution in [0.5, 0.6) is 0 Å². The molecule has 0 bridgehead atoms. The highest BCUT2D eigenvalue weighted by atomic mass is 32.1. The van der Waals surface area contributed by atoms with Crippen LogP contribution in [0.3, 0.4) is 0 Å². The van der Waals surface area contributed by atoms with Crippen molar-refractivity contribution in [3.63, 3.8) is 0 Å². The van der Waals surface area contributed by atoms with Gasteiger partial charge in [-0.1, -0.05) is 12.8 Å². The van der Waals surface area contributed by atoms with Gasteiger partial charge in [0.1, 0.15) is 5.60 Å². The summed E-state index contributed by atoms with van der Waals surface area (Å²) >= 11 is 1.47. The van der Waals surface area contributed by atoms with E-state index in [-0.39, 0.29) is 5.97 Å². The zero-order valence-corrected chi connectivity index (χ0v) is 12.0. The quantitative estimate of drug-likeness (QED) is 0.853. The van der Waals surface area contributed by atoms with Crippen LogP contribution in [-0.2, 0) is 4.74 Å². The van der Waals surface area contributed by atoms with E-state index in [2.05, 4.69) is 10.3 Å². The Morgan fingerprint density at radius 2 is 2.11 bits per heavy atom. The maximum atomic E-state index is 11.8. The zero-order chi connectivity index (χ0) is 13.2. The Labute approximate surface area is 112 Å². The molecule has 0 unspecified atom stereocenters. The highest BCUT2D eigenvalue weighted by Gasteiger charge is 2.21. The number of nitrogens with one attached hydrogen (secondary N) is 1. The molecular formula is C13H20N2O2S. The monoisotopic (exact) mass is 268 g/mol. The summed E-state index contributed by atoms with van der Waals surface area (Å²) in [4.78, 5) is 16.1. The normalized spacial score (nSPS) is 16.8. The summed E-state index contributed by atoms with van der Waals surface area (Å²) in [5, 5.41) is 5.96. The van der Waals surface area contributed by atoms with Crippen LogP contribution >= 0.6 is 11.3 Å². The van der Waals surface area contributed by atoms with Gasteiger partial charge in [-0.05, 0) is 33.6 Å².